The topological polar surface area (TPSA) is 129 Å². The van der Waals surface area contributed by atoms with Crippen molar-refractivity contribution in [2.75, 3.05) is 0 Å². The Labute approximate surface area is 271 Å². The fourth-order valence-electron chi connectivity index (χ4n) is 6.53. The van der Waals surface area contributed by atoms with E-state index in [9.17, 15) is 32.8 Å². The van der Waals surface area contributed by atoms with Gasteiger partial charge in [0.15, 0.2) is 0 Å². The molecular formula is C36H70O7S. The van der Waals surface area contributed by atoms with E-state index < -0.39 is 32.7 Å². The van der Waals surface area contributed by atoms with Gasteiger partial charge < -0.3 is 10.2 Å². The van der Waals surface area contributed by atoms with Crippen molar-refractivity contribution in [2.45, 2.75) is 211 Å². The van der Waals surface area contributed by atoms with Crippen molar-refractivity contribution in [1.29, 1.82) is 0 Å². The van der Waals surface area contributed by atoms with Gasteiger partial charge in [-0.25, -0.2) is 0 Å². The lowest BCUT2D eigenvalue weighted by molar-refractivity contribution is -0.152. The van der Waals surface area contributed by atoms with Crippen molar-refractivity contribution >= 4 is 22.1 Å². The molecule has 262 valence electrons. The molecular weight excluding hydrogens is 576 g/mol. The minimum atomic E-state index is -5.14. The monoisotopic (exact) mass is 646 g/mol. The molecule has 2 atom stereocenters. The molecule has 2 unspecified atom stereocenters. The molecule has 3 N–H and O–H groups in total. The maximum absolute atomic E-state index is 12.5. The van der Waals surface area contributed by atoms with Gasteiger partial charge in [-0.05, 0) is 12.8 Å². The van der Waals surface area contributed by atoms with Gasteiger partial charge in [0.2, 0.25) is 4.75 Å². The predicted octanol–water partition coefficient (Wildman–Crippen LogP) is 11.1. The zero-order valence-electron chi connectivity index (χ0n) is 28.7. The molecule has 0 aromatic heterocycles. The van der Waals surface area contributed by atoms with Gasteiger partial charge in [0, 0.05) is 0 Å². The summed E-state index contributed by atoms with van der Waals surface area (Å²) in [6, 6.07) is 0. The molecule has 0 aliphatic carbocycles. The van der Waals surface area contributed by atoms with Crippen LogP contribution in [0.3, 0.4) is 0 Å². The Morgan fingerprint density at radius 2 is 0.773 bits per heavy atom. The quantitative estimate of drug-likeness (QED) is 0.0468. The van der Waals surface area contributed by atoms with Gasteiger partial charge in [-0.2, -0.15) is 8.42 Å². The van der Waals surface area contributed by atoms with Crippen LogP contribution in [0.25, 0.3) is 0 Å². The third kappa shape index (κ3) is 20.1. The summed E-state index contributed by atoms with van der Waals surface area (Å²) < 4.78 is 32.3. The van der Waals surface area contributed by atoms with Crippen LogP contribution in [0.1, 0.15) is 206 Å². The lowest BCUT2D eigenvalue weighted by Crippen LogP contribution is -2.55. The highest BCUT2D eigenvalue weighted by Crippen LogP contribution is 2.37. The largest absolute Gasteiger partial charge is 0.481 e. The Balaban J connectivity index is 4.42. The molecule has 0 amide bonds. The fraction of sp³-hybridized carbons (Fsp3) is 0.944. The summed E-state index contributed by atoms with van der Waals surface area (Å²) in [6.07, 6.45) is 30.7. The zero-order valence-corrected chi connectivity index (χ0v) is 29.5. The van der Waals surface area contributed by atoms with Crippen LogP contribution in [0.2, 0.25) is 0 Å². The second-order valence-electron chi connectivity index (χ2n) is 13.3. The Morgan fingerprint density at radius 1 is 0.500 bits per heavy atom. The maximum atomic E-state index is 12.5. The van der Waals surface area contributed by atoms with E-state index in [1.165, 1.54) is 116 Å². The van der Waals surface area contributed by atoms with Crippen molar-refractivity contribution in [3.8, 4) is 0 Å². The van der Waals surface area contributed by atoms with Crippen LogP contribution >= 0.6 is 0 Å². The molecule has 8 heteroatoms. The lowest BCUT2D eigenvalue weighted by atomic mass is 9.82. The van der Waals surface area contributed by atoms with Gasteiger partial charge in [0.25, 0.3) is 10.1 Å². The highest BCUT2D eigenvalue weighted by Gasteiger charge is 2.58. The molecule has 0 heterocycles. The third-order valence-corrected chi connectivity index (χ3v) is 11.0. The minimum Gasteiger partial charge on any atom is -0.481 e. The molecule has 0 rings (SSSR count). The Hall–Kier alpha value is -1.15. The third-order valence-electron chi connectivity index (χ3n) is 9.43. The van der Waals surface area contributed by atoms with Gasteiger partial charge in [0.05, 0.1) is 5.92 Å². The minimum absolute atomic E-state index is 0.0714. The van der Waals surface area contributed by atoms with E-state index >= 15 is 0 Å². The molecule has 7 nitrogen and oxygen atoms in total. The molecule has 0 saturated carbocycles. The first-order valence-corrected chi connectivity index (χ1v) is 20.0. The second kappa shape index (κ2) is 28.1. The summed E-state index contributed by atoms with van der Waals surface area (Å²) in [5.74, 6) is -4.90. The zero-order chi connectivity index (χ0) is 32.9. The first-order chi connectivity index (χ1) is 21.1. The normalized spacial score (nSPS) is 14.0. The van der Waals surface area contributed by atoms with Gasteiger partial charge in [-0.15, -0.1) is 0 Å². The van der Waals surface area contributed by atoms with Crippen molar-refractivity contribution in [2.24, 2.45) is 5.92 Å². The number of hydrogen-bond acceptors (Lipinski definition) is 4. The van der Waals surface area contributed by atoms with Gasteiger partial charge in [-0.3, -0.25) is 14.1 Å². The van der Waals surface area contributed by atoms with Crippen molar-refractivity contribution in [1.82, 2.24) is 0 Å². The molecule has 0 aliphatic rings. The molecule has 0 saturated heterocycles. The van der Waals surface area contributed by atoms with Crippen LogP contribution in [0.15, 0.2) is 0 Å². The first-order valence-electron chi connectivity index (χ1n) is 18.6. The van der Waals surface area contributed by atoms with E-state index in [1.54, 1.807) is 0 Å². The SMILES string of the molecule is CCCCCCCCCCCCCCCCC(C(=O)O)C(CCCCCCCCCCCCCCCC)(C(=O)O)S(=O)(=O)O. The van der Waals surface area contributed by atoms with Crippen LogP contribution < -0.4 is 0 Å². The average Bonchev–Trinajstić information content (AvgIpc) is 2.97. The van der Waals surface area contributed by atoms with E-state index in [1.807, 2.05) is 0 Å². The van der Waals surface area contributed by atoms with E-state index in [0.717, 1.165) is 44.9 Å². The summed E-state index contributed by atoms with van der Waals surface area (Å²) >= 11 is 0. The van der Waals surface area contributed by atoms with E-state index in [4.69, 9.17) is 0 Å². The number of rotatable bonds is 34. The summed E-state index contributed by atoms with van der Waals surface area (Å²) in [5.41, 5.74) is 0. The smallest absolute Gasteiger partial charge is 0.328 e. The van der Waals surface area contributed by atoms with Crippen LogP contribution in [-0.4, -0.2) is 39.9 Å². The van der Waals surface area contributed by atoms with Crippen LogP contribution in [0.5, 0.6) is 0 Å². The highest BCUT2D eigenvalue weighted by atomic mass is 32.2. The summed E-state index contributed by atoms with van der Waals surface area (Å²) in [6.45, 7) is 4.46. The number of aliphatic carboxylic acids is 2. The Bertz CT molecular complexity index is 798. The molecule has 0 spiro atoms. The molecule has 0 fully saturated rings. The molecule has 0 aromatic carbocycles. The predicted molar refractivity (Wildman–Crippen MR) is 183 cm³/mol. The van der Waals surface area contributed by atoms with Gasteiger partial charge >= 0.3 is 11.9 Å². The Kier molecular flexibility index (Phi) is 27.4. The molecule has 44 heavy (non-hydrogen) atoms. The number of hydrogen-bond donors (Lipinski definition) is 3. The first kappa shape index (κ1) is 42.9. The van der Waals surface area contributed by atoms with Crippen LogP contribution in [0.4, 0.5) is 0 Å². The van der Waals surface area contributed by atoms with E-state index in [0.29, 0.717) is 12.8 Å². The number of carboxylic acid groups (broad SMARTS) is 2. The molecule has 0 aliphatic heterocycles. The van der Waals surface area contributed by atoms with Crippen molar-refractivity contribution in [3.05, 3.63) is 0 Å². The summed E-state index contributed by atoms with van der Waals surface area (Å²) in [4.78, 5) is 24.5. The van der Waals surface area contributed by atoms with Crippen molar-refractivity contribution in [3.63, 3.8) is 0 Å². The standard InChI is InChI=1S/C36H70O7S/c1-3-5-7-9-11-13-15-17-19-21-23-25-27-29-31-33(34(37)38)36(35(39)40,44(41,42)43)32-30-28-26-24-22-20-18-16-14-12-10-8-6-4-2/h33H,3-32H2,1-2H3,(H,37,38)(H,39,40)(H,41,42,43). The molecule has 0 aromatic rings. The molecule has 0 radical (unpaired) electrons. The van der Waals surface area contributed by atoms with Crippen LogP contribution in [0, 0.1) is 5.92 Å². The summed E-state index contributed by atoms with van der Waals surface area (Å²) in [7, 11) is -5.14. The van der Waals surface area contributed by atoms with Crippen LogP contribution in [-0.2, 0) is 19.7 Å². The number of carboxylic acids is 2. The maximum Gasteiger partial charge on any atom is 0.328 e. The van der Waals surface area contributed by atoms with Crippen molar-refractivity contribution < 1.29 is 32.8 Å². The summed E-state index contributed by atoms with van der Waals surface area (Å²) in [5, 5.41) is 19.9. The Morgan fingerprint density at radius 3 is 1.02 bits per heavy atom. The highest BCUT2D eigenvalue weighted by molar-refractivity contribution is 7.88. The van der Waals surface area contributed by atoms with Gasteiger partial charge in [0.1, 0.15) is 0 Å². The number of carbonyl (C=O) groups is 2. The van der Waals surface area contributed by atoms with Gasteiger partial charge in [-0.1, -0.05) is 194 Å². The molecule has 0 bridgehead atoms. The average molecular weight is 647 g/mol. The van der Waals surface area contributed by atoms with E-state index in [-0.39, 0.29) is 19.3 Å². The van der Waals surface area contributed by atoms with E-state index in [2.05, 4.69) is 13.8 Å². The number of unbranched alkanes of at least 4 members (excludes halogenated alkanes) is 26. The second-order valence-corrected chi connectivity index (χ2v) is 15.0. The lowest BCUT2D eigenvalue weighted by Gasteiger charge is -2.32. The fourth-order valence-corrected chi connectivity index (χ4v) is 7.73.